The summed E-state index contributed by atoms with van der Waals surface area (Å²) in [6, 6.07) is 7.18. The van der Waals surface area contributed by atoms with Crippen LogP contribution in [0.25, 0.3) is 16.6 Å². The molecule has 0 aromatic heterocycles. The molecule has 0 N–H and O–H groups in total. The van der Waals surface area contributed by atoms with Crippen molar-refractivity contribution in [1.82, 2.24) is 0 Å². The van der Waals surface area contributed by atoms with Crippen LogP contribution in [0.3, 0.4) is 0 Å². The van der Waals surface area contributed by atoms with Gasteiger partial charge in [0, 0.05) is 10.9 Å². The third kappa shape index (κ3) is 1.51. The number of carbonyl (C=O) groups is 1. The second-order valence-electron chi connectivity index (χ2n) is 4.22. The van der Waals surface area contributed by atoms with E-state index in [2.05, 4.69) is 0 Å². The van der Waals surface area contributed by atoms with Crippen LogP contribution < -0.4 is 0 Å². The molecule has 0 bridgehead atoms. The Balaban J connectivity index is 2.47. The van der Waals surface area contributed by atoms with Gasteiger partial charge in [0.05, 0.1) is 5.56 Å². The van der Waals surface area contributed by atoms with Crippen LogP contribution in [0.5, 0.6) is 0 Å². The second-order valence-corrected chi connectivity index (χ2v) is 4.22. The van der Waals surface area contributed by atoms with E-state index in [9.17, 15) is 22.4 Å². The zero-order chi connectivity index (χ0) is 13.7. The number of carbonyl (C=O) groups excluding carboxylic acids is 1. The van der Waals surface area contributed by atoms with Gasteiger partial charge in [-0.3, -0.25) is 4.79 Å². The standard InChI is InChI=1S/C14H6F4O/c15-10-7-4-2-1-3-6(7)5-8-9(10)11(16)12(17)13(18)14(8)19/h1-5,13H. The summed E-state index contributed by atoms with van der Waals surface area (Å²) in [6.45, 7) is 0. The highest BCUT2D eigenvalue weighted by atomic mass is 19.2. The molecule has 3 rings (SSSR count). The summed E-state index contributed by atoms with van der Waals surface area (Å²) in [5, 5.41) is 0.378. The van der Waals surface area contributed by atoms with Crippen molar-refractivity contribution in [2.75, 3.05) is 0 Å². The van der Waals surface area contributed by atoms with Gasteiger partial charge in [0.25, 0.3) is 0 Å². The largest absolute Gasteiger partial charge is 0.290 e. The van der Waals surface area contributed by atoms with Crippen molar-refractivity contribution in [1.29, 1.82) is 0 Å². The fraction of sp³-hybridized carbons (Fsp3) is 0.0714. The zero-order valence-corrected chi connectivity index (χ0v) is 9.38. The van der Waals surface area contributed by atoms with E-state index in [0.717, 1.165) is 0 Å². The molecule has 0 radical (unpaired) electrons. The van der Waals surface area contributed by atoms with Crippen LogP contribution in [0.4, 0.5) is 17.6 Å². The Morgan fingerprint density at radius 3 is 2.47 bits per heavy atom. The molecule has 5 heteroatoms. The van der Waals surface area contributed by atoms with Crippen molar-refractivity contribution in [2.45, 2.75) is 6.17 Å². The molecule has 0 spiro atoms. The maximum atomic E-state index is 14.2. The first-order chi connectivity index (χ1) is 9.02. The number of hydrogen-bond acceptors (Lipinski definition) is 1. The summed E-state index contributed by atoms with van der Waals surface area (Å²) < 4.78 is 54.3. The van der Waals surface area contributed by atoms with E-state index in [1.54, 1.807) is 6.07 Å². The van der Waals surface area contributed by atoms with E-state index in [0.29, 0.717) is 5.39 Å². The molecule has 1 aliphatic rings. The first-order valence-electron chi connectivity index (χ1n) is 5.47. The van der Waals surface area contributed by atoms with Gasteiger partial charge in [0.1, 0.15) is 5.82 Å². The Morgan fingerprint density at radius 1 is 1.05 bits per heavy atom. The molecule has 1 atom stereocenters. The first-order valence-corrected chi connectivity index (χ1v) is 5.47. The Kier molecular flexibility index (Phi) is 2.45. The molecule has 2 aromatic rings. The lowest BCUT2D eigenvalue weighted by Gasteiger charge is -2.18. The molecule has 0 fully saturated rings. The Labute approximate surface area is 105 Å². The lowest BCUT2D eigenvalue weighted by molar-refractivity contribution is 0.0882. The Bertz CT molecular complexity index is 748. The van der Waals surface area contributed by atoms with E-state index >= 15 is 0 Å². The molecule has 0 saturated heterocycles. The minimum absolute atomic E-state index is 0.0503. The van der Waals surface area contributed by atoms with Gasteiger partial charge in [-0.25, -0.2) is 17.6 Å². The molecule has 1 nitrogen and oxygen atoms in total. The van der Waals surface area contributed by atoms with Crippen LogP contribution in [0.1, 0.15) is 15.9 Å². The highest BCUT2D eigenvalue weighted by Crippen LogP contribution is 2.38. The number of rotatable bonds is 0. The number of ketones is 1. The fourth-order valence-corrected chi connectivity index (χ4v) is 2.19. The summed E-state index contributed by atoms with van der Waals surface area (Å²) in [7, 11) is 0. The van der Waals surface area contributed by atoms with Crippen LogP contribution >= 0.6 is 0 Å². The highest BCUT2D eigenvalue weighted by molar-refractivity contribution is 6.10. The summed E-state index contributed by atoms with van der Waals surface area (Å²) in [6.07, 6.45) is -2.70. The maximum absolute atomic E-state index is 14.2. The summed E-state index contributed by atoms with van der Waals surface area (Å²) >= 11 is 0. The van der Waals surface area contributed by atoms with Gasteiger partial charge in [-0.2, -0.15) is 0 Å². The second kappa shape index (κ2) is 3.91. The van der Waals surface area contributed by atoms with Crippen LogP contribution in [-0.4, -0.2) is 12.0 Å². The van der Waals surface area contributed by atoms with Crippen molar-refractivity contribution >= 4 is 22.4 Å². The van der Waals surface area contributed by atoms with Gasteiger partial charge in [0.2, 0.25) is 12.0 Å². The average molecular weight is 266 g/mol. The Hall–Kier alpha value is -2.17. The summed E-state index contributed by atoms with van der Waals surface area (Å²) in [5.41, 5.74) is -1.27. The van der Waals surface area contributed by atoms with E-state index in [4.69, 9.17) is 0 Å². The lowest BCUT2D eigenvalue weighted by Crippen LogP contribution is -2.23. The first kappa shape index (κ1) is 11.9. The Morgan fingerprint density at radius 2 is 1.74 bits per heavy atom. The number of Topliss-reactive ketones (excluding diaryl/α,β-unsaturated/α-hetero) is 1. The van der Waals surface area contributed by atoms with Crippen molar-refractivity contribution in [2.24, 2.45) is 0 Å². The quantitative estimate of drug-likeness (QED) is 0.655. The fourth-order valence-electron chi connectivity index (χ4n) is 2.19. The predicted molar refractivity (Wildman–Crippen MR) is 62.3 cm³/mol. The van der Waals surface area contributed by atoms with E-state index < -0.39 is 40.6 Å². The minimum Gasteiger partial charge on any atom is -0.290 e. The molecule has 0 aliphatic heterocycles. The van der Waals surface area contributed by atoms with Gasteiger partial charge in [-0.15, -0.1) is 0 Å². The third-order valence-corrected chi connectivity index (χ3v) is 3.13. The third-order valence-electron chi connectivity index (χ3n) is 3.13. The molecule has 0 amide bonds. The number of fused-ring (bicyclic) bond motifs is 2. The van der Waals surface area contributed by atoms with Crippen LogP contribution in [0.2, 0.25) is 0 Å². The predicted octanol–water partition coefficient (Wildman–Crippen LogP) is 4.12. The number of benzene rings is 2. The molecule has 96 valence electrons. The molecule has 0 heterocycles. The monoisotopic (exact) mass is 266 g/mol. The molecule has 2 aromatic carbocycles. The van der Waals surface area contributed by atoms with E-state index in [1.807, 2.05) is 0 Å². The van der Waals surface area contributed by atoms with Crippen molar-refractivity contribution in [3.8, 4) is 0 Å². The van der Waals surface area contributed by atoms with Crippen molar-refractivity contribution in [3.63, 3.8) is 0 Å². The van der Waals surface area contributed by atoms with Gasteiger partial charge in [-0.05, 0) is 11.5 Å². The summed E-state index contributed by atoms with van der Waals surface area (Å²) in [5.74, 6) is -5.84. The smallest absolute Gasteiger partial charge is 0.217 e. The molecule has 1 unspecified atom stereocenters. The molecule has 19 heavy (non-hydrogen) atoms. The number of alkyl halides is 1. The van der Waals surface area contributed by atoms with Gasteiger partial charge < -0.3 is 0 Å². The molecular formula is C14H6F4O. The normalized spacial score (nSPS) is 18.9. The number of allylic oxidation sites excluding steroid dienone is 1. The van der Waals surface area contributed by atoms with Crippen LogP contribution in [-0.2, 0) is 0 Å². The zero-order valence-electron chi connectivity index (χ0n) is 9.38. The van der Waals surface area contributed by atoms with Gasteiger partial charge in [0.15, 0.2) is 11.7 Å². The van der Waals surface area contributed by atoms with E-state index in [-0.39, 0.29) is 5.39 Å². The van der Waals surface area contributed by atoms with Crippen molar-refractivity contribution < 1.29 is 22.4 Å². The average Bonchev–Trinajstić information content (AvgIpc) is 2.43. The lowest BCUT2D eigenvalue weighted by atomic mass is 9.90. The highest BCUT2D eigenvalue weighted by Gasteiger charge is 2.38. The molecule has 0 saturated carbocycles. The molecule has 1 aliphatic carbocycles. The minimum atomic E-state index is -2.70. The van der Waals surface area contributed by atoms with Crippen LogP contribution in [0.15, 0.2) is 36.2 Å². The van der Waals surface area contributed by atoms with Gasteiger partial charge in [-0.1, -0.05) is 24.3 Å². The SMILES string of the molecule is O=C1c2cc3ccccc3c(F)c2C(F)=C(F)C1F. The summed E-state index contributed by atoms with van der Waals surface area (Å²) in [4.78, 5) is 11.6. The topological polar surface area (TPSA) is 17.1 Å². The number of hydrogen-bond donors (Lipinski definition) is 0. The van der Waals surface area contributed by atoms with E-state index in [1.165, 1.54) is 24.3 Å². The van der Waals surface area contributed by atoms with Crippen LogP contribution in [0, 0.1) is 5.82 Å². The van der Waals surface area contributed by atoms with Crippen molar-refractivity contribution in [3.05, 3.63) is 53.1 Å². The molecular weight excluding hydrogens is 260 g/mol. The number of halogens is 4. The van der Waals surface area contributed by atoms with Gasteiger partial charge >= 0.3 is 0 Å². The maximum Gasteiger partial charge on any atom is 0.217 e.